The van der Waals surface area contributed by atoms with Crippen LogP contribution in [-0.4, -0.2) is 162 Å². The second-order valence-electron chi connectivity index (χ2n) is 21.2. The quantitative estimate of drug-likeness (QED) is 0.0168. The fourth-order valence-electron chi connectivity index (χ4n) is 8.95. The van der Waals surface area contributed by atoms with Gasteiger partial charge in [-0.25, -0.2) is 9.59 Å². The van der Waals surface area contributed by atoms with E-state index in [-0.39, 0.29) is 71.0 Å². The molecular formula is C56H72F2IN10O17-. The van der Waals surface area contributed by atoms with Crippen molar-refractivity contribution in [2.45, 2.75) is 142 Å². The number of aromatic nitrogens is 1. The van der Waals surface area contributed by atoms with E-state index in [1.165, 1.54) is 18.7 Å². The van der Waals surface area contributed by atoms with Crippen molar-refractivity contribution in [3.8, 4) is 11.1 Å². The SMILES string of the molecule is C[I-]c1ccc(Cn2cc(-c3cc(F)ccc3F)cc2[C@H](N(CC[C@H](NC(=O)[C@H](CC(N)=O)NC(=O)[C@H](C)NC(=O)[C@H](C)NC(=O)CCCC(=O)ON2C(=O)CCC2=O)C(=O)NCCC(=O)N[C@@H](CCC(=O)O)C(=O)O)C(=O)CO)C(C)(C)C)cc1. The van der Waals surface area contributed by atoms with E-state index < -0.39 is 182 Å². The molecule has 1 aromatic heterocycles. The third-order valence-corrected chi connectivity index (χ3v) is 15.3. The van der Waals surface area contributed by atoms with Gasteiger partial charge in [-0.1, -0.05) is 0 Å². The summed E-state index contributed by atoms with van der Waals surface area (Å²) in [6.07, 6.45) is -2.45. The van der Waals surface area contributed by atoms with Gasteiger partial charge in [0.1, 0.15) is 24.2 Å². The Morgan fingerprint density at radius 1 is 0.744 bits per heavy atom. The monoisotopic (exact) mass is 1320 g/mol. The standard InChI is InChI=1S/C56H72F2IN10O17/c1-30(62-43(72)8-7-9-49(79)86-69-45(74)17-18-46(69)75)51(80)63-31(2)52(81)66-40(26-42(60)71)54(83)65-38(53(82)61-22-20-44(73)64-39(55(84)85)16-19-48(77)78)21-23-68(47(76)29-70)50(56(3,4)5)41-24-33(36-25-34(57)12-15-37(36)58)28-67(41)27-32-10-13-35(59-6)14-11-32/h10-15,24-25,28,30-31,38-40,50,70H,7-9,16-23,26-27,29H2,1-6H3,(H2,60,71)(H,61,82)(H,62,72)(H,63,80)(H,64,73)(H,65,83)(H,66,81)(H,77,78)(H,84,85)/q-1/t30-,31-,38-,39-,40-,50-/m0/s1. The Bertz CT molecular complexity index is 3010. The Labute approximate surface area is 503 Å². The van der Waals surface area contributed by atoms with Crippen LogP contribution in [0, 0.1) is 20.6 Å². The molecule has 1 saturated heterocycles. The number of rotatable bonds is 33. The van der Waals surface area contributed by atoms with Crippen LogP contribution in [0.15, 0.2) is 54.7 Å². The number of benzene rings is 2. The fraction of sp³-hybridized carbons (Fsp3) is 0.482. The van der Waals surface area contributed by atoms with Crippen LogP contribution >= 0.6 is 0 Å². The summed E-state index contributed by atoms with van der Waals surface area (Å²) in [4.78, 5) is 174. The van der Waals surface area contributed by atoms with Crippen LogP contribution in [0.5, 0.6) is 0 Å². The second-order valence-corrected chi connectivity index (χ2v) is 23.5. The van der Waals surface area contributed by atoms with Gasteiger partial charge in [0.2, 0.25) is 41.4 Å². The molecule has 0 spiro atoms. The van der Waals surface area contributed by atoms with Gasteiger partial charge < -0.3 is 52.7 Å². The number of aliphatic hydroxyl groups excluding tert-OH is 1. The zero-order valence-corrected chi connectivity index (χ0v) is 50.3. The normalized spacial score (nSPS) is 14.4. The molecule has 0 radical (unpaired) electrons. The molecule has 10 amide bonds. The first-order valence-electron chi connectivity index (χ1n) is 27.1. The molecule has 2 heterocycles. The van der Waals surface area contributed by atoms with Crippen molar-refractivity contribution in [2.75, 3.05) is 24.6 Å². The number of amides is 10. The topological polar surface area (TPSA) is 401 Å². The van der Waals surface area contributed by atoms with E-state index in [1.807, 2.05) is 24.3 Å². The summed E-state index contributed by atoms with van der Waals surface area (Å²) in [7, 11) is 0. The number of aliphatic hydroxyl groups is 1. The average molecular weight is 1320 g/mol. The molecule has 1 aliphatic rings. The maximum absolute atomic E-state index is 15.5. The first kappa shape index (κ1) is 70.1. The number of carboxylic acid groups (broad SMARTS) is 2. The van der Waals surface area contributed by atoms with Crippen molar-refractivity contribution in [1.82, 2.24) is 46.4 Å². The Hall–Kier alpha value is -8.42. The van der Waals surface area contributed by atoms with Gasteiger partial charge in [0.25, 0.3) is 11.8 Å². The number of nitrogens with two attached hydrogens (primary N) is 1. The van der Waals surface area contributed by atoms with Crippen molar-refractivity contribution < 1.29 is 112 Å². The first-order chi connectivity index (χ1) is 40.4. The first-order valence-corrected chi connectivity index (χ1v) is 30.4. The predicted octanol–water partition coefficient (Wildman–Crippen LogP) is -2.76. The van der Waals surface area contributed by atoms with Crippen molar-refractivity contribution in [2.24, 2.45) is 11.1 Å². The second kappa shape index (κ2) is 32.7. The summed E-state index contributed by atoms with van der Waals surface area (Å²) >= 11 is -0.258. The number of hydrogen-bond donors (Lipinski definition) is 10. The van der Waals surface area contributed by atoms with E-state index in [9.17, 15) is 76.9 Å². The third-order valence-electron chi connectivity index (χ3n) is 13.3. The number of nitrogens with one attached hydrogen (secondary N) is 6. The van der Waals surface area contributed by atoms with Crippen LogP contribution in [0.25, 0.3) is 11.1 Å². The van der Waals surface area contributed by atoms with Gasteiger partial charge in [0.05, 0.1) is 6.42 Å². The summed E-state index contributed by atoms with van der Waals surface area (Å²) in [5, 5.41) is 43.5. The van der Waals surface area contributed by atoms with Gasteiger partial charge >= 0.3 is 235 Å². The number of hydroxylamine groups is 2. The van der Waals surface area contributed by atoms with Crippen molar-refractivity contribution in [1.29, 1.82) is 0 Å². The molecule has 2 aromatic carbocycles. The fourth-order valence-corrected chi connectivity index (χ4v) is 10.0. The molecule has 1 fully saturated rings. The number of alkyl halides is 1. The molecule has 3 aromatic rings. The summed E-state index contributed by atoms with van der Waals surface area (Å²) in [5.74, 6) is -14.5. The molecule has 4 rings (SSSR count). The molecule has 0 aliphatic carbocycles. The molecular weight excluding hydrogens is 1250 g/mol. The molecule has 1 aliphatic heterocycles. The van der Waals surface area contributed by atoms with Gasteiger partial charge in [-0.2, -0.15) is 0 Å². The van der Waals surface area contributed by atoms with Crippen LogP contribution in [0.4, 0.5) is 8.78 Å². The number of carbonyl (C=O) groups excluding carboxylic acids is 11. The minimum absolute atomic E-state index is 0.102. The van der Waals surface area contributed by atoms with Crippen LogP contribution in [-0.2, 0) is 73.7 Å². The molecule has 30 heteroatoms. The van der Waals surface area contributed by atoms with Crippen molar-refractivity contribution in [3.05, 3.63) is 81.2 Å². The zero-order chi connectivity index (χ0) is 64.2. The van der Waals surface area contributed by atoms with Crippen LogP contribution in [0.1, 0.15) is 116 Å². The Balaban J connectivity index is 1.61. The molecule has 470 valence electrons. The van der Waals surface area contributed by atoms with Gasteiger partial charge in [-0.15, -0.1) is 5.06 Å². The Morgan fingerprint density at radius 2 is 1.36 bits per heavy atom. The van der Waals surface area contributed by atoms with Crippen LogP contribution in [0.3, 0.4) is 0 Å². The third kappa shape index (κ3) is 21.6. The number of nitrogens with zero attached hydrogens (tertiary/aromatic N) is 3. The Morgan fingerprint density at radius 3 is 1.95 bits per heavy atom. The summed E-state index contributed by atoms with van der Waals surface area (Å²) < 4.78 is 33.1. The molecule has 6 atom stereocenters. The van der Waals surface area contributed by atoms with Gasteiger partial charge in [-0.05, 0) is 26.7 Å². The maximum atomic E-state index is 15.5. The molecule has 27 nitrogen and oxygen atoms in total. The minimum atomic E-state index is -1.86. The number of imide groups is 1. The molecule has 0 bridgehead atoms. The number of aliphatic carboxylic acids is 2. The predicted molar refractivity (Wildman–Crippen MR) is 294 cm³/mol. The number of halogens is 3. The summed E-state index contributed by atoms with van der Waals surface area (Å²) in [5.41, 5.74) is 5.83. The number of carboxylic acids is 2. The van der Waals surface area contributed by atoms with E-state index in [2.05, 4.69) is 36.8 Å². The average Bonchev–Trinajstić information content (AvgIpc) is 1.70. The van der Waals surface area contributed by atoms with Crippen LogP contribution in [0.2, 0.25) is 0 Å². The zero-order valence-electron chi connectivity index (χ0n) is 48.2. The summed E-state index contributed by atoms with van der Waals surface area (Å²) in [6, 6.07) is 3.24. The number of carbonyl (C=O) groups is 13. The van der Waals surface area contributed by atoms with Crippen molar-refractivity contribution in [3.63, 3.8) is 0 Å². The van der Waals surface area contributed by atoms with E-state index in [1.54, 1.807) is 37.6 Å². The number of primary amides is 1. The molecule has 86 heavy (non-hydrogen) atoms. The van der Waals surface area contributed by atoms with Gasteiger partial charge in [0.15, 0.2) is 0 Å². The molecule has 0 saturated carbocycles. The van der Waals surface area contributed by atoms with E-state index in [0.717, 1.165) is 27.3 Å². The Kier molecular flexibility index (Phi) is 26.7. The van der Waals surface area contributed by atoms with E-state index >= 15 is 4.39 Å². The van der Waals surface area contributed by atoms with Gasteiger partial charge in [-0.3, -0.25) is 47.9 Å². The van der Waals surface area contributed by atoms with Gasteiger partial charge in [0, 0.05) is 45.1 Å². The van der Waals surface area contributed by atoms with Crippen molar-refractivity contribution >= 4 is 77.0 Å². The van der Waals surface area contributed by atoms with E-state index in [4.69, 9.17) is 15.7 Å². The van der Waals surface area contributed by atoms with Crippen LogP contribution < -0.4 is 58.8 Å². The summed E-state index contributed by atoms with van der Waals surface area (Å²) in [6.45, 7) is 5.84. The van der Waals surface area contributed by atoms with E-state index in [0.29, 0.717) is 10.8 Å². The number of hydrogen-bond acceptors (Lipinski definition) is 15. The molecule has 11 N–H and O–H groups in total. The molecule has 0 unspecified atom stereocenters.